The van der Waals surface area contributed by atoms with Crippen LogP contribution in [-0.2, 0) is 6.54 Å². The van der Waals surface area contributed by atoms with E-state index in [1.54, 1.807) is 0 Å². The number of rotatable bonds is 6. The van der Waals surface area contributed by atoms with Crippen LogP contribution in [-0.4, -0.2) is 39.1 Å². The SMILES string of the molecule is CCN(CC)Cc1cccc(NC(=O)c2ncn[nH]2)c1. The molecule has 0 saturated heterocycles. The second-order valence-corrected chi connectivity index (χ2v) is 4.45. The van der Waals surface area contributed by atoms with Gasteiger partial charge in [-0.05, 0) is 30.8 Å². The summed E-state index contributed by atoms with van der Waals surface area (Å²) in [6.07, 6.45) is 1.31. The Hall–Kier alpha value is -2.21. The number of hydrogen-bond acceptors (Lipinski definition) is 4. The van der Waals surface area contributed by atoms with Gasteiger partial charge in [-0.3, -0.25) is 14.8 Å². The summed E-state index contributed by atoms with van der Waals surface area (Å²) in [6, 6.07) is 7.84. The molecule has 20 heavy (non-hydrogen) atoms. The number of hydrogen-bond donors (Lipinski definition) is 2. The maximum Gasteiger partial charge on any atom is 0.292 e. The predicted octanol–water partition coefficient (Wildman–Crippen LogP) is 1.90. The molecule has 0 spiro atoms. The topological polar surface area (TPSA) is 73.9 Å². The van der Waals surface area contributed by atoms with Crippen LogP contribution in [0.5, 0.6) is 0 Å². The van der Waals surface area contributed by atoms with E-state index in [1.165, 1.54) is 11.9 Å². The van der Waals surface area contributed by atoms with Crippen molar-refractivity contribution < 1.29 is 4.79 Å². The summed E-state index contributed by atoms with van der Waals surface area (Å²) in [5.41, 5.74) is 1.93. The van der Waals surface area contributed by atoms with Gasteiger partial charge in [0.05, 0.1) is 0 Å². The van der Waals surface area contributed by atoms with Crippen molar-refractivity contribution in [3.63, 3.8) is 0 Å². The highest BCUT2D eigenvalue weighted by molar-refractivity contribution is 6.01. The molecule has 0 atom stereocenters. The lowest BCUT2D eigenvalue weighted by molar-refractivity contribution is 0.101. The molecule has 0 saturated carbocycles. The Morgan fingerprint density at radius 2 is 2.15 bits per heavy atom. The lowest BCUT2D eigenvalue weighted by Crippen LogP contribution is -2.22. The number of anilines is 1. The maximum absolute atomic E-state index is 11.9. The van der Waals surface area contributed by atoms with Crippen molar-refractivity contribution in [3.8, 4) is 0 Å². The van der Waals surface area contributed by atoms with Crippen LogP contribution < -0.4 is 5.32 Å². The lowest BCUT2D eigenvalue weighted by Gasteiger charge is -2.18. The van der Waals surface area contributed by atoms with Gasteiger partial charge in [-0.15, -0.1) is 0 Å². The summed E-state index contributed by atoms with van der Waals surface area (Å²) < 4.78 is 0. The highest BCUT2D eigenvalue weighted by Crippen LogP contribution is 2.13. The van der Waals surface area contributed by atoms with Crippen LogP contribution in [0, 0.1) is 0 Å². The molecule has 0 aliphatic heterocycles. The Kier molecular flexibility index (Phi) is 4.84. The molecule has 2 rings (SSSR count). The Labute approximate surface area is 118 Å². The van der Waals surface area contributed by atoms with Crippen LogP contribution in [0.2, 0.25) is 0 Å². The third-order valence-corrected chi connectivity index (χ3v) is 3.12. The molecule has 1 aromatic carbocycles. The fourth-order valence-electron chi connectivity index (χ4n) is 1.96. The first-order valence-corrected chi connectivity index (χ1v) is 6.71. The largest absolute Gasteiger partial charge is 0.319 e. The van der Waals surface area contributed by atoms with Gasteiger partial charge in [-0.25, -0.2) is 4.98 Å². The summed E-state index contributed by atoms with van der Waals surface area (Å²) in [7, 11) is 0. The fourth-order valence-corrected chi connectivity index (χ4v) is 1.96. The zero-order valence-corrected chi connectivity index (χ0v) is 11.8. The summed E-state index contributed by atoms with van der Waals surface area (Å²) in [5, 5.41) is 9.00. The summed E-state index contributed by atoms with van der Waals surface area (Å²) in [5.74, 6) is -0.0818. The standard InChI is InChI=1S/C14H19N5O/c1-3-19(4-2)9-11-6-5-7-12(8-11)17-14(20)13-15-10-16-18-13/h5-8,10H,3-4,9H2,1-2H3,(H,17,20)(H,15,16,18). The average molecular weight is 273 g/mol. The van der Waals surface area contributed by atoms with Crippen LogP contribution in [0.1, 0.15) is 30.0 Å². The molecule has 2 N–H and O–H groups in total. The van der Waals surface area contributed by atoms with Crippen molar-refractivity contribution in [1.82, 2.24) is 20.1 Å². The summed E-state index contributed by atoms with van der Waals surface area (Å²) in [6.45, 7) is 7.16. The van der Waals surface area contributed by atoms with Crippen molar-refractivity contribution in [2.24, 2.45) is 0 Å². The number of nitrogens with one attached hydrogen (secondary N) is 2. The molecule has 0 aliphatic rings. The zero-order chi connectivity index (χ0) is 14.4. The Bertz CT molecular complexity index is 548. The number of benzene rings is 1. The van der Waals surface area contributed by atoms with Crippen molar-refractivity contribution in [2.45, 2.75) is 20.4 Å². The van der Waals surface area contributed by atoms with E-state index >= 15 is 0 Å². The molecule has 0 aliphatic carbocycles. The predicted molar refractivity (Wildman–Crippen MR) is 77.4 cm³/mol. The molecule has 1 aromatic heterocycles. The quantitative estimate of drug-likeness (QED) is 0.843. The first-order valence-electron chi connectivity index (χ1n) is 6.71. The Morgan fingerprint density at radius 1 is 1.35 bits per heavy atom. The van der Waals surface area contributed by atoms with E-state index in [1.807, 2.05) is 18.2 Å². The van der Waals surface area contributed by atoms with E-state index < -0.39 is 0 Å². The molecule has 0 bridgehead atoms. The molecular formula is C14H19N5O. The van der Waals surface area contributed by atoms with Crippen LogP contribution in [0.15, 0.2) is 30.6 Å². The molecule has 106 valence electrons. The normalized spacial score (nSPS) is 10.8. The van der Waals surface area contributed by atoms with E-state index in [9.17, 15) is 4.79 Å². The molecule has 0 radical (unpaired) electrons. The smallest absolute Gasteiger partial charge is 0.292 e. The number of nitrogens with zero attached hydrogens (tertiary/aromatic N) is 3. The zero-order valence-electron chi connectivity index (χ0n) is 11.8. The highest BCUT2D eigenvalue weighted by Gasteiger charge is 2.09. The molecule has 2 aromatic rings. The van der Waals surface area contributed by atoms with Crippen LogP contribution in [0.25, 0.3) is 0 Å². The number of carbonyl (C=O) groups is 1. The van der Waals surface area contributed by atoms with Crippen LogP contribution >= 0.6 is 0 Å². The van der Waals surface area contributed by atoms with Crippen LogP contribution in [0.3, 0.4) is 0 Å². The van der Waals surface area contributed by atoms with E-state index in [2.05, 4.69) is 45.3 Å². The maximum atomic E-state index is 11.9. The second-order valence-electron chi connectivity index (χ2n) is 4.45. The summed E-state index contributed by atoms with van der Waals surface area (Å²) in [4.78, 5) is 18.0. The molecule has 0 fully saturated rings. The van der Waals surface area contributed by atoms with Gasteiger partial charge in [0.15, 0.2) is 0 Å². The number of H-pyrrole nitrogens is 1. The van der Waals surface area contributed by atoms with Gasteiger partial charge in [0.25, 0.3) is 5.91 Å². The van der Waals surface area contributed by atoms with Gasteiger partial charge >= 0.3 is 0 Å². The van der Waals surface area contributed by atoms with E-state index in [4.69, 9.17) is 0 Å². The number of aromatic nitrogens is 3. The van der Waals surface area contributed by atoms with Gasteiger partial charge < -0.3 is 5.32 Å². The second kappa shape index (κ2) is 6.81. The first-order chi connectivity index (χ1) is 9.72. The highest BCUT2D eigenvalue weighted by atomic mass is 16.2. The van der Waals surface area contributed by atoms with Crippen molar-refractivity contribution in [2.75, 3.05) is 18.4 Å². The Morgan fingerprint density at radius 3 is 2.80 bits per heavy atom. The van der Waals surface area contributed by atoms with Crippen molar-refractivity contribution in [1.29, 1.82) is 0 Å². The average Bonchev–Trinajstić information content (AvgIpc) is 2.99. The molecule has 1 heterocycles. The fraction of sp³-hybridized carbons (Fsp3) is 0.357. The monoisotopic (exact) mass is 273 g/mol. The molecule has 6 heteroatoms. The third-order valence-electron chi connectivity index (χ3n) is 3.12. The number of aromatic amines is 1. The molecule has 6 nitrogen and oxygen atoms in total. The number of carbonyl (C=O) groups excluding carboxylic acids is 1. The van der Waals surface area contributed by atoms with E-state index in [0.717, 1.165) is 25.3 Å². The van der Waals surface area contributed by atoms with Gasteiger partial charge in [0, 0.05) is 12.2 Å². The minimum Gasteiger partial charge on any atom is -0.319 e. The van der Waals surface area contributed by atoms with Crippen LogP contribution in [0.4, 0.5) is 5.69 Å². The first kappa shape index (κ1) is 14.2. The summed E-state index contributed by atoms with van der Waals surface area (Å²) >= 11 is 0. The van der Waals surface area contributed by atoms with Crippen molar-refractivity contribution >= 4 is 11.6 Å². The van der Waals surface area contributed by atoms with Gasteiger partial charge in [-0.1, -0.05) is 26.0 Å². The Balaban J connectivity index is 2.04. The minimum atomic E-state index is -0.289. The molecular weight excluding hydrogens is 254 g/mol. The van der Waals surface area contributed by atoms with E-state index in [-0.39, 0.29) is 11.7 Å². The van der Waals surface area contributed by atoms with Crippen molar-refractivity contribution in [3.05, 3.63) is 42.0 Å². The number of amides is 1. The molecule has 0 unspecified atom stereocenters. The van der Waals surface area contributed by atoms with Gasteiger partial charge in [0.2, 0.25) is 5.82 Å². The van der Waals surface area contributed by atoms with Gasteiger partial charge in [-0.2, -0.15) is 5.10 Å². The van der Waals surface area contributed by atoms with E-state index in [0.29, 0.717) is 0 Å². The molecule has 1 amide bonds. The minimum absolute atomic E-state index is 0.208. The lowest BCUT2D eigenvalue weighted by atomic mass is 10.2. The third kappa shape index (κ3) is 3.64. The van der Waals surface area contributed by atoms with Gasteiger partial charge in [0.1, 0.15) is 6.33 Å².